The van der Waals surface area contributed by atoms with Crippen LogP contribution in [0.2, 0.25) is 0 Å². The predicted molar refractivity (Wildman–Crippen MR) is 113 cm³/mol. The summed E-state index contributed by atoms with van der Waals surface area (Å²) in [6, 6.07) is 2.74. The van der Waals surface area contributed by atoms with Gasteiger partial charge in [-0.3, -0.25) is 14.7 Å². The van der Waals surface area contributed by atoms with Gasteiger partial charge in [0.25, 0.3) is 0 Å². The van der Waals surface area contributed by atoms with Gasteiger partial charge in [0.05, 0.1) is 24.2 Å². The highest BCUT2D eigenvalue weighted by atomic mass is 19.4. The SMILES string of the molecule is CC(C)(C)OC(=O)N1CC[C@@H](O)[C@H]1C(=O)CCc1cc(F)cc(-c2cnc(C(F)(F)F)cn2)c1. The molecule has 0 aliphatic carbocycles. The molecule has 0 saturated carbocycles. The minimum absolute atomic E-state index is 0.0439. The summed E-state index contributed by atoms with van der Waals surface area (Å²) >= 11 is 0. The fourth-order valence-electron chi connectivity index (χ4n) is 3.67. The lowest BCUT2D eigenvalue weighted by Gasteiger charge is -2.28. The lowest BCUT2D eigenvalue weighted by atomic mass is 9.98. The molecular formula is C23H25F4N3O4. The number of ketones is 1. The van der Waals surface area contributed by atoms with E-state index in [4.69, 9.17) is 4.74 Å². The van der Waals surface area contributed by atoms with E-state index >= 15 is 0 Å². The Morgan fingerprint density at radius 1 is 1.15 bits per heavy atom. The number of halogens is 4. The lowest BCUT2D eigenvalue weighted by molar-refractivity contribution is -0.141. The molecule has 34 heavy (non-hydrogen) atoms. The minimum Gasteiger partial charge on any atom is -0.444 e. The summed E-state index contributed by atoms with van der Waals surface area (Å²) in [5.41, 5.74) is -1.27. The lowest BCUT2D eigenvalue weighted by Crippen LogP contribution is -2.47. The summed E-state index contributed by atoms with van der Waals surface area (Å²) in [4.78, 5) is 33.5. The maximum Gasteiger partial charge on any atom is 0.434 e. The molecule has 1 aliphatic heterocycles. The van der Waals surface area contributed by atoms with Crippen molar-refractivity contribution in [3.63, 3.8) is 0 Å². The van der Waals surface area contributed by atoms with Crippen molar-refractivity contribution >= 4 is 11.9 Å². The first-order valence-corrected chi connectivity index (χ1v) is 10.6. The highest BCUT2D eigenvalue weighted by molar-refractivity contribution is 5.89. The molecule has 11 heteroatoms. The number of aromatic nitrogens is 2. The number of Topliss-reactive ketones (excluding diaryl/α,β-unsaturated/α-hetero) is 1. The van der Waals surface area contributed by atoms with Gasteiger partial charge >= 0.3 is 12.3 Å². The van der Waals surface area contributed by atoms with Crippen molar-refractivity contribution in [1.29, 1.82) is 0 Å². The zero-order valence-electron chi connectivity index (χ0n) is 18.9. The molecule has 1 fully saturated rings. The van der Waals surface area contributed by atoms with Gasteiger partial charge in [0.2, 0.25) is 0 Å². The molecule has 1 aromatic carbocycles. The number of hydrogen-bond donors (Lipinski definition) is 1. The second kappa shape index (κ2) is 9.65. The standard InChI is InChI=1S/C23H25F4N3O4/c1-22(2,3)34-21(33)30-7-6-18(32)20(30)17(31)5-4-13-8-14(10-15(24)9-13)16-11-29-19(12-28-16)23(25,26)27/h8-12,18,20,32H,4-7H2,1-3H3/t18-,20-/m1/s1. The Morgan fingerprint density at radius 2 is 1.85 bits per heavy atom. The van der Waals surface area contributed by atoms with Crippen LogP contribution in [0.5, 0.6) is 0 Å². The molecule has 1 amide bonds. The second-order valence-corrected chi connectivity index (χ2v) is 9.07. The molecule has 0 bridgehead atoms. The molecular weight excluding hydrogens is 458 g/mol. The Bertz CT molecular complexity index is 1050. The number of amides is 1. The molecule has 1 aliphatic rings. The maximum absolute atomic E-state index is 14.2. The molecule has 2 heterocycles. The smallest absolute Gasteiger partial charge is 0.434 e. The number of likely N-dealkylation sites (tertiary alicyclic amines) is 1. The number of hydrogen-bond acceptors (Lipinski definition) is 6. The van der Waals surface area contributed by atoms with Gasteiger partial charge in [-0.2, -0.15) is 13.2 Å². The maximum atomic E-state index is 14.2. The molecule has 3 rings (SSSR count). The van der Waals surface area contributed by atoms with Crippen molar-refractivity contribution < 1.29 is 37.0 Å². The van der Waals surface area contributed by atoms with E-state index in [1.807, 2.05) is 0 Å². The van der Waals surface area contributed by atoms with Gasteiger partial charge in [-0.1, -0.05) is 0 Å². The quantitative estimate of drug-likeness (QED) is 0.642. The van der Waals surface area contributed by atoms with Gasteiger partial charge in [0, 0.05) is 18.5 Å². The summed E-state index contributed by atoms with van der Waals surface area (Å²) < 4.78 is 57.6. The number of alkyl halides is 3. The Kier molecular flexibility index (Phi) is 7.25. The van der Waals surface area contributed by atoms with E-state index in [0.717, 1.165) is 12.3 Å². The van der Waals surface area contributed by atoms with Crippen molar-refractivity contribution in [2.45, 2.75) is 64.0 Å². The van der Waals surface area contributed by atoms with E-state index in [9.17, 15) is 32.3 Å². The number of carbonyl (C=O) groups excluding carboxylic acids is 2. The Balaban J connectivity index is 1.72. The highest BCUT2D eigenvalue weighted by Crippen LogP contribution is 2.29. The molecule has 1 N–H and O–H groups in total. The third kappa shape index (κ3) is 6.28. The summed E-state index contributed by atoms with van der Waals surface area (Å²) in [7, 11) is 0. The first-order valence-electron chi connectivity index (χ1n) is 10.6. The monoisotopic (exact) mass is 483 g/mol. The fraction of sp³-hybridized carbons (Fsp3) is 0.478. The van der Waals surface area contributed by atoms with Crippen LogP contribution in [0.15, 0.2) is 30.6 Å². The van der Waals surface area contributed by atoms with E-state index in [1.165, 1.54) is 17.0 Å². The largest absolute Gasteiger partial charge is 0.444 e. The normalized spacial score (nSPS) is 18.8. The van der Waals surface area contributed by atoms with Gasteiger partial charge in [-0.25, -0.2) is 14.2 Å². The molecule has 0 spiro atoms. The number of aliphatic hydroxyl groups is 1. The molecule has 0 unspecified atom stereocenters. The van der Waals surface area contributed by atoms with Gasteiger partial charge in [-0.05, 0) is 57.4 Å². The molecule has 2 aromatic rings. The molecule has 1 saturated heterocycles. The van der Waals surface area contributed by atoms with Crippen LogP contribution < -0.4 is 0 Å². The number of benzene rings is 1. The third-order valence-corrected chi connectivity index (χ3v) is 5.18. The van der Waals surface area contributed by atoms with E-state index in [1.54, 1.807) is 20.8 Å². The van der Waals surface area contributed by atoms with E-state index in [-0.39, 0.29) is 37.1 Å². The third-order valence-electron chi connectivity index (χ3n) is 5.18. The zero-order chi connectivity index (χ0) is 25.3. The van der Waals surface area contributed by atoms with Crippen LogP contribution in [0, 0.1) is 5.82 Å². The Morgan fingerprint density at radius 3 is 2.44 bits per heavy atom. The van der Waals surface area contributed by atoms with Crippen molar-refractivity contribution in [2.24, 2.45) is 0 Å². The van der Waals surface area contributed by atoms with Gasteiger partial charge < -0.3 is 9.84 Å². The van der Waals surface area contributed by atoms with Crippen LogP contribution in [0.1, 0.15) is 44.9 Å². The fourth-order valence-corrected chi connectivity index (χ4v) is 3.67. The van der Waals surface area contributed by atoms with Crippen LogP contribution in [0.25, 0.3) is 11.3 Å². The summed E-state index contributed by atoms with van der Waals surface area (Å²) in [6.45, 7) is 5.24. The van der Waals surface area contributed by atoms with E-state index in [0.29, 0.717) is 11.8 Å². The average molecular weight is 483 g/mol. The van der Waals surface area contributed by atoms with E-state index < -0.39 is 47.3 Å². The number of aliphatic hydroxyl groups excluding tert-OH is 1. The van der Waals surface area contributed by atoms with Gasteiger partial charge in [-0.15, -0.1) is 0 Å². The topological polar surface area (TPSA) is 92.6 Å². The predicted octanol–water partition coefficient (Wildman–Crippen LogP) is 4.17. The van der Waals surface area contributed by atoms with Crippen LogP contribution in [-0.2, 0) is 22.1 Å². The van der Waals surface area contributed by atoms with Crippen molar-refractivity contribution in [3.05, 3.63) is 47.7 Å². The molecule has 184 valence electrons. The van der Waals surface area contributed by atoms with Gasteiger partial charge in [0.15, 0.2) is 11.5 Å². The minimum atomic E-state index is -4.64. The van der Waals surface area contributed by atoms with Crippen molar-refractivity contribution in [2.75, 3.05) is 6.54 Å². The summed E-state index contributed by atoms with van der Waals surface area (Å²) in [5, 5.41) is 10.3. The number of nitrogens with zero attached hydrogens (tertiary/aromatic N) is 3. The zero-order valence-corrected chi connectivity index (χ0v) is 18.9. The first kappa shape index (κ1) is 25.5. The summed E-state index contributed by atoms with van der Waals surface area (Å²) in [5.74, 6) is -1.06. The summed E-state index contributed by atoms with van der Waals surface area (Å²) in [6.07, 6.45) is -4.69. The first-order chi connectivity index (χ1) is 15.7. The number of rotatable bonds is 5. The van der Waals surface area contributed by atoms with Crippen LogP contribution in [0.4, 0.5) is 22.4 Å². The van der Waals surface area contributed by atoms with Crippen LogP contribution >= 0.6 is 0 Å². The Labute approximate surface area is 193 Å². The Hall–Kier alpha value is -3.08. The molecule has 0 radical (unpaired) electrons. The molecule has 7 nitrogen and oxygen atoms in total. The highest BCUT2D eigenvalue weighted by Gasteiger charge is 2.42. The van der Waals surface area contributed by atoms with Gasteiger partial charge in [0.1, 0.15) is 17.5 Å². The number of aryl methyl sites for hydroxylation is 1. The number of carbonyl (C=O) groups is 2. The molecule has 2 atom stereocenters. The number of ether oxygens (including phenoxy) is 1. The molecule has 1 aromatic heterocycles. The van der Waals surface area contributed by atoms with E-state index in [2.05, 4.69) is 9.97 Å². The average Bonchev–Trinajstić information content (AvgIpc) is 3.11. The van der Waals surface area contributed by atoms with Crippen LogP contribution in [-0.4, -0.2) is 56.1 Å². The second-order valence-electron chi connectivity index (χ2n) is 9.07. The van der Waals surface area contributed by atoms with Crippen molar-refractivity contribution in [3.8, 4) is 11.3 Å². The van der Waals surface area contributed by atoms with Crippen molar-refractivity contribution in [1.82, 2.24) is 14.9 Å². The van der Waals surface area contributed by atoms with Crippen LogP contribution in [0.3, 0.4) is 0 Å².